The highest BCUT2D eigenvalue weighted by Gasteiger charge is 2.13. The van der Waals surface area contributed by atoms with Crippen molar-refractivity contribution in [1.29, 1.82) is 0 Å². The Bertz CT molecular complexity index is 370. The van der Waals surface area contributed by atoms with Crippen molar-refractivity contribution in [2.45, 2.75) is 46.1 Å². The standard InChI is InChI=1S/C14H26N4S/c1-5-8-12-13(15-7-3)16-10-17-14(12)18-11(6-2)9-19-4/h10-11H,5-9H2,1-4H3,(H2,15,16,17,18). The van der Waals surface area contributed by atoms with E-state index in [1.165, 1.54) is 5.56 Å². The van der Waals surface area contributed by atoms with Gasteiger partial charge in [-0.2, -0.15) is 11.8 Å². The predicted molar refractivity (Wildman–Crippen MR) is 86.3 cm³/mol. The fraction of sp³-hybridized carbons (Fsp3) is 0.714. The van der Waals surface area contributed by atoms with E-state index in [9.17, 15) is 0 Å². The van der Waals surface area contributed by atoms with Gasteiger partial charge in [0.2, 0.25) is 0 Å². The first kappa shape index (κ1) is 16.1. The van der Waals surface area contributed by atoms with Crippen LogP contribution in [0.3, 0.4) is 0 Å². The van der Waals surface area contributed by atoms with Crippen LogP contribution in [0.2, 0.25) is 0 Å². The summed E-state index contributed by atoms with van der Waals surface area (Å²) in [5.74, 6) is 3.07. The number of nitrogens with zero attached hydrogens (tertiary/aromatic N) is 2. The van der Waals surface area contributed by atoms with Crippen LogP contribution < -0.4 is 10.6 Å². The summed E-state index contributed by atoms with van der Waals surface area (Å²) in [6.45, 7) is 7.37. The number of aromatic nitrogens is 2. The maximum Gasteiger partial charge on any atom is 0.134 e. The van der Waals surface area contributed by atoms with E-state index in [1.54, 1.807) is 6.33 Å². The average Bonchev–Trinajstić information content (AvgIpc) is 2.42. The molecule has 19 heavy (non-hydrogen) atoms. The molecule has 0 spiro atoms. The van der Waals surface area contributed by atoms with Crippen molar-refractivity contribution in [2.75, 3.05) is 29.2 Å². The first-order valence-corrected chi connectivity index (χ1v) is 8.49. The van der Waals surface area contributed by atoms with Crippen LogP contribution in [0.25, 0.3) is 0 Å². The smallest absolute Gasteiger partial charge is 0.134 e. The molecule has 5 heteroatoms. The van der Waals surface area contributed by atoms with Gasteiger partial charge in [0.15, 0.2) is 0 Å². The molecule has 2 N–H and O–H groups in total. The Kier molecular flexibility index (Phi) is 7.63. The summed E-state index contributed by atoms with van der Waals surface area (Å²) in [5, 5.41) is 6.90. The molecular weight excluding hydrogens is 256 g/mol. The summed E-state index contributed by atoms with van der Waals surface area (Å²) in [6.07, 6.45) is 6.99. The largest absolute Gasteiger partial charge is 0.370 e. The SMILES string of the molecule is CCCc1c(NCC)ncnc1NC(CC)CSC. The zero-order valence-corrected chi connectivity index (χ0v) is 13.3. The van der Waals surface area contributed by atoms with Gasteiger partial charge in [-0.1, -0.05) is 20.3 Å². The third-order valence-electron chi connectivity index (χ3n) is 2.99. The van der Waals surface area contributed by atoms with E-state index in [1.807, 2.05) is 11.8 Å². The molecule has 1 aromatic heterocycles. The van der Waals surface area contributed by atoms with E-state index < -0.39 is 0 Å². The van der Waals surface area contributed by atoms with Crippen molar-refractivity contribution in [3.05, 3.63) is 11.9 Å². The number of hydrogen-bond acceptors (Lipinski definition) is 5. The normalized spacial score (nSPS) is 12.2. The summed E-state index contributed by atoms with van der Waals surface area (Å²) in [7, 11) is 0. The molecule has 0 fully saturated rings. The second kappa shape index (κ2) is 9.02. The minimum absolute atomic E-state index is 0.468. The number of nitrogens with one attached hydrogen (secondary N) is 2. The van der Waals surface area contributed by atoms with Gasteiger partial charge in [0.25, 0.3) is 0 Å². The molecule has 0 radical (unpaired) electrons. The van der Waals surface area contributed by atoms with Gasteiger partial charge in [-0.05, 0) is 26.0 Å². The van der Waals surface area contributed by atoms with Crippen molar-refractivity contribution in [3.8, 4) is 0 Å². The van der Waals surface area contributed by atoms with Gasteiger partial charge in [-0.15, -0.1) is 0 Å². The predicted octanol–water partition coefficient (Wildman–Crippen LogP) is 3.41. The molecule has 1 unspecified atom stereocenters. The number of anilines is 2. The molecule has 0 amide bonds. The molecule has 0 saturated carbocycles. The van der Waals surface area contributed by atoms with E-state index in [0.717, 1.165) is 43.2 Å². The summed E-state index contributed by atoms with van der Waals surface area (Å²) >= 11 is 1.87. The Morgan fingerprint density at radius 2 is 1.95 bits per heavy atom. The van der Waals surface area contributed by atoms with E-state index in [-0.39, 0.29) is 0 Å². The van der Waals surface area contributed by atoms with Crippen LogP contribution in [0.15, 0.2) is 6.33 Å². The first-order chi connectivity index (χ1) is 9.26. The van der Waals surface area contributed by atoms with Crippen LogP contribution in [0.5, 0.6) is 0 Å². The lowest BCUT2D eigenvalue weighted by Crippen LogP contribution is -2.23. The molecule has 4 nitrogen and oxygen atoms in total. The maximum absolute atomic E-state index is 4.44. The third-order valence-corrected chi connectivity index (χ3v) is 3.73. The third kappa shape index (κ3) is 4.90. The average molecular weight is 282 g/mol. The van der Waals surface area contributed by atoms with Crippen molar-refractivity contribution >= 4 is 23.4 Å². The molecular formula is C14H26N4S. The topological polar surface area (TPSA) is 49.8 Å². The Hall–Kier alpha value is -0.970. The van der Waals surface area contributed by atoms with Gasteiger partial charge in [0, 0.05) is 23.9 Å². The lowest BCUT2D eigenvalue weighted by Gasteiger charge is -2.20. The van der Waals surface area contributed by atoms with Crippen LogP contribution in [-0.4, -0.2) is 34.6 Å². The second-order valence-corrected chi connectivity index (χ2v) is 5.45. The van der Waals surface area contributed by atoms with Gasteiger partial charge in [0.1, 0.15) is 18.0 Å². The van der Waals surface area contributed by atoms with E-state index >= 15 is 0 Å². The molecule has 1 aromatic rings. The Labute approximate surface area is 121 Å². The lowest BCUT2D eigenvalue weighted by molar-refractivity contribution is 0.763. The monoisotopic (exact) mass is 282 g/mol. The van der Waals surface area contributed by atoms with E-state index in [4.69, 9.17) is 0 Å². The molecule has 0 aromatic carbocycles. The molecule has 1 atom stereocenters. The van der Waals surface area contributed by atoms with Crippen molar-refractivity contribution in [3.63, 3.8) is 0 Å². The summed E-state index contributed by atoms with van der Waals surface area (Å²) in [6, 6.07) is 0.468. The molecule has 108 valence electrons. The van der Waals surface area contributed by atoms with Crippen LogP contribution in [0.1, 0.15) is 39.2 Å². The quantitative estimate of drug-likeness (QED) is 0.727. The lowest BCUT2D eigenvalue weighted by atomic mass is 10.1. The molecule has 0 bridgehead atoms. The highest BCUT2D eigenvalue weighted by atomic mass is 32.2. The van der Waals surface area contributed by atoms with Gasteiger partial charge in [-0.25, -0.2) is 9.97 Å². The Morgan fingerprint density at radius 1 is 1.21 bits per heavy atom. The number of hydrogen-bond donors (Lipinski definition) is 2. The summed E-state index contributed by atoms with van der Waals surface area (Å²) < 4.78 is 0. The molecule has 1 rings (SSSR count). The Balaban J connectivity index is 2.93. The summed E-state index contributed by atoms with van der Waals surface area (Å²) in [5.41, 5.74) is 1.21. The number of thioether (sulfide) groups is 1. The summed E-state index contributed by atoms with van der Waals surface area (Å²) in [4.78, 5) is 8.80. The maximum atomic E-state index is 4.44. The molecule has 0 saturated heterocycles. The molecule has 1 heterocycles. The van der Waals surface area contributed by atoms with E-state index in [2.05, 4.69) is 47.6 Å². The first-order valence-electron chi connectivity index (χ1n) is 7.09. The zero-order chi connectivity index (χ0) is 14.1. The minimum atomic E-state index is 0.468. The Morgan fingerprint density at radius 3 is 2.53 bits per heavy atom. The second-order valence-electron chi connectivity index (χ2n) is 4.53. The van der Waals surface area contributed by atoms with Gasteiger partial charge < -0.3 is 10.6 Å². The fourth-order valence-corrected chi connectivity index (χ4v) is 2.72. The van der Waals surface area contributed by atoms with Gasteiger partial charge in [-0.3, -0.25) is 0 Å². The van der Waals surface area contributed by atoms with Crippen LogP contribution >= 0.6 is 11.8 Å². The number of rotatable bonds is 9. The zero-order valence-electron chi connectivity index (χ0n) is 12.5. The molecule has 0 aliphatic rings. The molecule has 0 aliphatic carbocycles. The molecule has 0 aliphatic heterocycles. The van der Waals surface area contributed by atoms with Crippen molar-refractivity contribution < 1.29 is 0 Å². The van der Waals surface area contributed by atoms with E-state index in [0.29, 0.717) is 6.04 Å². The van der Waals surface area contributed by atoms with Gasteiger partial charge in [0.05, 0.1) is 0 Å². The van der Waals surface area contributed by atoms with Crippen molar-refractivity contribution in [1.82, 2.24) is 9.97 Å². The minimum Gasteiger partial charge on any atom is -0.370 e. The van der Waals surface area contributed by atoms with Crippen LogP contribution in [0, 0.1) is 0 Å². The van der Waals surface area contributed by atoms with Crippen LogP contribution in [0.4, 0.5) is 11.6 Å². The highest BCUT2D eigenvalue weighted by molar-refractivity contribution is 7.98. The van der Waals surface area contributed by atoms with Crippen LogP contribution in [-0.2, 0) is 6.42 Å². The highest BCUT2D eigenvalue weighted by Crippen LogP contribution is 2.23. The fourth-order valence-electron chi connectivity index (χ4n) is 2.00. The van der Waals surface area contributed by atoms with Gasteiger partial charge >= 0.3 is 0 Å². The van der Waals surface area contributed by atoms with Crippen molar-refractivity contribution in [2.24, 2.45) is 0 Å².